The Morgan fingerprint density at radius 1 is 1.64 bits per heavy atom. The Kier molecular flexibility index (Phi) is 4.86. The quantitative estimate of drug-likeness (QED) is 0.631. The molecule has 0 fully saturated rings. The van der Waals surface area contributed by atoms with Crippen molar-refractivity contribution in [1.29, 1.82) is 0 Å². The van der Waals surface area contributed by atoms with Gasteiger partial charge >= 0.3 is 5.97 Å². The van der Waals surface area contributed by atoms with E-state index in [2.05, 4.69) is 19.2 Å². The summed E-state index contributed by atoms with van der Waals surface area (Å²) in [4.78, 5) is 10.5. The molecule has 0 heterocycles. The molecule has 0 saturated carbocycles. The van der Waals surface area contributed by atoms with Gasteiger partial charge in [-0.1, -0.05) is 20.3 Å². The van der Waals surface area contributed by atoms with E-state index >= 15 is 0 Å². The summed E-state index contributed by atoms with van der Waals surface area (Å²) in [6.07, 6.45) is 1.74. The third kappa shape index (κ3) is 3.98. The average molecular weight is 159 g/mol. The molecule has 0 amide bonds. The van der Waals surface area contributed by atoms with Crippen LogP contribution in [-0.2, 0) is 4.79 Å². The summed E-state index contributed by atoms with van der Waals surface area (Å²) in [5.74, 6) is -0.281. The highest BCUT2D eigenvalue weighted by molar-refractivity contribution is 5.73. The molecule has 0 saturated heterocycles. The van der Waals surface area contributed by atoms with Crippen LogP contribution >= 0.6 is 0 Å². The van der Waals surface area contributed by atoms with Crippen LogP contribution < -0.4 is 5.32 Å². The predicted octanol–water partition coefficient (Wildman–Crippen LogP) is 1.10. The predicted molar refractivity (Wildman–Crippen MR) is 44.6 cm³/mol. The fourth-order valence-corrected chi connectivity index (χ4v) is 0.911. The van der Waals surface area contributed by atoms with Gasteiger partial charge in [-0.3, -0.25) is 4.79 Å². The number of carbonyl (C=O) groups is 1. The largest absolute Gasteiger partial charge is 0.480 e. The minimum Gasteiger partial charge on any atom is -0.480 e. The third-order valence-corrected chi connectivity index (χ3v) is 1.98. The van der Waals surface area contributed by atoms with Crippen LogP contribution in [0.5, 0.6) is 0 Å². The molecule has 0 aromatic carbocycles. The van der Waals surface area contributed by atoms with E-state index in [-0.39, 0.29) is 6.04 Å². The van der Waals surface area contributed by atoms with E-state index < -0.39 is 5.97 Å². The van der Waals surface area contributed by atoms with Gasteiger partial charge in [-0.15, -0.1) is 0 Å². The van der Waals surface area contributed by atoms with Crippen LogP contribution in [0.25, 0.3) is 0 Å². The normalized spacial score (nSPS) is 15.9. The van der Waals surface area contributed by atoms with Crippen molar-refractivity contribution in [3.63, 3.8) is 0 Å². The van der Waals surface area contributed by atoms with E-state index in [9.17, 15) is 4.79 Å². The van der Waals surface area contributed by atoms with Crippen molar-refractivity contribution in [3.8, 4) is 0 Å². The van der Waals surface area contributed by atoms with E-state index in [1.165, 1.54) is 0 Å². The number of aliphatic carboxylic acids is 1. The van der Waals surface area contributed by atoms with Crippen LogP contribution in [0.1, 0.15) is 26.7 Å². The molecule has 0 rings (SSSR count). The molecule has 0 aliphatic carbocycles. The molecule has 0 aliphatic rings. The van der Waals surface area contributed by atoms with Gasteiger partial charge in [-0.2, -0.15) is 0 Å². The van der Waals surface area contributed by atoms with Gasteiger partial charge in [-0.25, -0.2) is 0 Å². The van der Waals surface area contributed by atoms with Crippen molar-refractivity contribution >= 4 is 5.97 Å². The molecular weight excluding hydrogens is 142 g/mol. The molecule has 0 aromatic heterocycles. The van der Waals surface area contributed by atoms with E-state index in [4.69, 9.17) is 5.11 Å². The molecule has 2 atom stereocenters. The van der Waals surface area contributed by atoms with Crippen molar-refractivity contribution in [2.45, 2.75) is 32.7 Å². The molecule has 11 heavy (non-hydrogen) atoms. The van der Waals surface area contributed by atoms with Gasteiger partial charge in [0.25, 0.3) is 0 Å². The highest BCUT2D eigenvalue weighted by Crippen LogP contribution is 2.09. The van der Waals surface area contributed by atoms with Gasteiger partial charge in [0.05, 0.1) is 0 Å². The van der Waals surface area contributed by atoms with Crippen LogP contribution in [0.15, 0.2) is 0 Å². The average Bonchev–Trinajstić information content (AvgIpc) is 1.99. The molecule has 2 N–H and O–H groups in total. The number of hydrogen-bond acceptors (Lipinski definition) is 2. The molecule has 0 unspecified atom stereocenters. The van der Waals surface area contributed by atoms with Gasteiger partial charge in [0.2, 0.25) is 0 Å². The second kappa shape index (κ2) is 5.13. The van der Waals surface area contributed by atoms with E-state index in [1.54, 1.807) is 7.05 Å². The summed E-state index contributed by atoms with van der Waals surface area (Å²) in [7, 11) is 1.68. The lowest BCUT2D eigenvalue weighted by atomic mass is 10.00. The summed E-state index contributed by atoms with van der Waals surface area (Å²) < 4.78 is 0. The Morgan fingerprint density at radius 3 is 2.45 bits per heavy atom. The first-order valence-corrected chi connectivity index (χ1v) is 4.01. The Morgan fingerprint density at radius 2 is 2.18 bits per heavy atom. The van der Waals surface area contributed by atoms with Gasteiger partial charge in [0, 0.05) is 0 Å². The van der Waals surface area contributed by atoms with Crippen LogP contribution in [-0.4, -0.2) is 24.2 Å². The van der Waals surface area contributed by atoms with Gasteiger partial charge in [0.15, 0.2) is 0 Å². The molecule has 66 valence electrons. The zero-order chi connectivity index (χ0) is 8.85. The Bertz CT molecular complexity index is 125. The maximum Gasteiger partial charge on any atom is 0.320 e. The van der Waals surface area contributed by atoms with Crippen LogP contribution in [0.2, 0.25) is 0 Å². The molecular formula is C8H17NO2. The Labute approximate surface area is 67.8 Å². The van der Waals surface area contributed by atoms with Crippen molar-refractivity contribution in [2.24, 2.45) is 5.92 Å². The number of carboxylic acid groups (broad SMARTS) is 1. The molecule has 3 nitrogen and oxygen atoms in total. The summed E-state index contributed by atoms with van der Waals surface area (Å²) in [6.45, 7) is 4.13. The van der Waals surface area contributed by atoms with E-state index in [0.717, 1.165) is 6.42 Å². The second-order valence-corrected chi connectivity index (χ2v) is 2.93. The molecule has 3 heteroatoms. The van der Waals surface area contributed by atoms with Crippen molar-refractivity contribution in [1.82, 2.24) is 5.32 Å². The fraction of sp³-hybridized carbons (Fsp3) is 0.875. The number of carboxylic acids is 1. The highest BCUT2D eigenvalue weighted by atomic mass is 16.4. The molecule has 0 bridgehead atoms. The summed E-state index contributed by atoms with van der Waals surface area (Å²) in [5.41, 5.74) is 0. The zero-order valence-electron chi connectivity index (χ0n) is 7.42. The minimum absolute atomic E-state index is 0.384. The highest BCUT2D eigenvalue weighted by Gasteiger charge is 2.16. The first kappa shape index (κ1) is 10.4. The Balaban J connectivity index is 3.77. The lowest BCUT2D eigenvalue weighted by molar-refractivity contribution is -0.139. The lowest BCUT2D eigenvalue weighted by Crippen LogP contribution is -2.35. The smallest absolute Gasteiger partial charge is 0.320 e. The molecule has 0 radical (unpaired) electrons. The maximum absolute atomic E-state index is 10.5. The maximum atomic E-state index is 10.5. The molecule has 0 aromatic rings. The van der Waals surface area contributed by atoms with Crippen molar-refractivity contribution in [2.75, 3.05) is 7.05 Å². The van der Waals surface area contributed by atoms with Crippen molar-refractivity contribution in [3.05, 3.63) is 0 Å². The second-order valence-electron chi connectivity index (χ2n) is 2.93. The van der Waals surface area contributed by atoms with Gasteiger partial charge in [-0.05, 0) is 19.4 Å². The van der Waals surface area contributed by atoms with E-state index in [0.29, 0.717) is 12.3 Å². The zero-order valence-corrected chi connectivity index (χ0v) is 7.42. The van der Waals surface area contributed by atoms with Crippen LogP contribution in [0, 0.1) is 5.92 Å². The van der Waals surface area contributed by atoms with Gasteiger partial charge < -0.3 is 10.4 Å². The van der Waals surface area contributed by atoms with Crippen LogP contribution in [0.3, 0.4) is 0 Å². The summed E-state index contributed by atoms with van der Waals surface area (Å²) in [5, 5.41) is 11.4. The molecule has 0 aliphatic heterocycles. The first-order chi connectivity index (χ1) is 5.11. The fourth-order valence-electron chi connectivity index (χ4n) is 0.911. The van der Waals surface area contributed by atoms with E-state index in [1.807, 2.05) is 0 Å². The standard InChI is InChI=1S/C8H17NO2/c1-4-6(2)5-7(9-3)8(10)11/h6-7,9H,4-5H2,1-3H3,(H,10,11)/t6-,7-/m1/s1. The minimum atomic E-state index is -0.757. The topological polar surface area (TPSA) is 49.3 Å². The number of rotatable bonds is 5. The SMILES string of the molecule is CC[C@@H](C)C[C@@H](NC)C(=O)O. The summed E-state index contributed by atoms with van der Waals surface area (Å²) in [6, 6.07) is -0.384. The number of nitrogens with one attached hydrogen (secondary N) is 1. The number of likely N-dealkylation sites (N-methyl/N-ethyl adjacent to an activating group) is 1. The van der Waals surface area contributed by atoms with Gasteiger partial charge in [0.1, 0.15) is 6.04 Å². The lowest BCUT2D eigenvalue weighted by Gasteiger charge is -2.14. The first-order valence-electron chi connectivity index (χ1n) is 4.01. The summed E-state index contributed by atoms with van der Waals surface area (Å²) >= 11 is 0. The Hall–Kier alpha value is -0.570. The van der Waals surface area contributed by atoms with Crippen molar-refractivity contribution < 1.29 is 9.90 Å². The van der Waals surface area contributed by atoms with Crippen LogP contribution in [0.4, 0.5) is 0 Å². The number of hydrogen-bond donors (Lipinski definition) is 2. The molecule has 0 spiro atoms. The monoisotopic (exact) mass is 159 g/mol. The third-order valence-electron chi connectivity index (χ3n) is 1.98.